The molecule has 0 saturated carbocycles. The average molecular weight is 288 g/mol. The maximum Gasteiger partial charge on any atom is 0.227 e. The molecule has 2 amide bonds. The second-order valence-corrected chi connectivity index (χ2v) is 5.96. The largest absolute Gasteiger partial charge is 0.345 e. The summed E-state index contributed by atoms with van der Waals surface area (Å²) in [6.45, 7) is 2.12. The van der Waals surface area contributed by atoms with Gasteiger partial charge < -0.3 is 9.80 Å². The third-order valence-corrected chi connectivity index (χ3v) is 4.56. The van der Waals surface area contributed by atoms with Crippen molar-refractivity contribution in [2.75, 3.05) is 26.7 Å². The van der Waals surface area contributed by atoms with Gasteiger partial charge in [0.2, 0.25) is 11.8 Å². The highest BCUT2D eigenvalue weighted by Crippen LogP contribution is 2.31. The van der Waals surface area contributed by atoms with E-state index in [1.54, 1.807) is 17.3 Å². The van der Waals surface area contributed by atoms with E-state index >= 15 is 0 Å². The highest BCUT2D eigenvalue weighted by atomic mass is 16.2. The van der Waals surface area contributed by atoms with Gasteiger partial charge >= 0.3 is 0 Å². The minimum absolute atomic E-state index is 0.00718. The zero-order valence-corrected chi connectivity index (χ0v) is 12.2. The monoisotopic (exact) mass is 288 g/mol. The molecule has 6 heteroatoms. The number of fused-ring (bicyclic) bond motifs is 1. The number of piperidine rings is 1. The van der Waals surface area contributed by atoms with Crippen LogP contribution in [-0.4, -0.2) is 58.3 Å². The third-order valence-electron chi connectivity index (χ3n) is 4.56. The molecule has 1 aromatic rings. The number of carbonyl (C=O) groups is 2. The molecule has 0 radical (unpaired) electrons. The molecule has 112 valence electrons. The van der Waals surface area contributed by atoms with Crippen molar-refractivity contribution in [3.05, 3.63) is 24.3 Å². The Bertz CT molecular complexity index is 534. The van der Waals surface area contributed by atoms with Crippen molar-refractivity contribution < 1.29 is 9.59 Å². The summed E-state index contributed by atoms with van der Waals surface area (Å²) in [6.07, 6.45) is 7.07. The SMILES string of the molecule is CN1CCC2CN(C(=O)CCc3cncnc3)CC2C1=O. The van der Waals surface area contributed by atoms with Crippen LogP contribution in [0.15, 0.2) is 18.7 Å². The Morgan fingerprint density at radius 2 is 2.10 bits per heavy atom. The Morgan fingerprint density at radius 3 is 2.86 bits per heavy atom. The van der Waals surface area contributed by atoms with Crippen LogP contribution in [0.1, 0.15) is 18.4 Å². The Labute approximate surface area is 124 Å². The summed E-state index contributed by atoms with van der Waals surface area (Å²) in [4.78, 5) is 36.0. The molecule has 2 unspecified atom stereocenters. The van der Waals surface area contributed by atoms with Gasteiger partial charge in [-0.15, -0.1) is 0 Å². The van der Waals surface area contributed by atoms with Crippen molar-refractivity contribution in [2.45, 2.75) is 19.3 Å². The number of hydrogen-bond acceptors (Lipinski definition) is 4. The second-order valence-electron chi connectivity index (χ2n) is 5.96. The molecule has 2 atom stereocenters. The van der Waals surface area contributed by atoms with Crippen molar-refractivity contribution in [1.29, 1.82) is 0 Å². The Morgan fingerprint density at radius 1 is 1.33 bits per heavy atom. The molecular weight excluding hydrogens is 268 g/mol. The van der Waals surface area contributed by atoms with E-state index in [4.69, 9.17) is 0 Å². The van der Waals surface area contributed by atoms with Gasteiger partial charge in [-0.25, -0.2) is 9.97 Å². The maximum atomic E-state index is 12.3. The number of rotatable bonds is 3. The molecule has 0 N–H and O–H groups in total. The van der Waals surface area contributed by atoms with Gasteiger partial charge in [-0.3, -0.25) is 9.59 Å². The molecule has 2 aliphatic rings. The quantitative estimate of drug-likeness (QED) is 0.805. The summed E-state index contributed by atoms with van der Waals surface area (Å²) in [5.74, 6) is 0.673. The standard InChI is InChI=1S/C15H20N4O2/c1-18-5-4-12-8-19(9-13(12)15(18)21)14(20)3-2-11-6-16-10-17-7-11/h6-7,10,12-13H,2-5,8-9H2,1H3. The number of hydrogen-bond donors (Lipinski definition) is 0. The molecule has 0 spiro atoms. The molecule has 2 fully saturated rings. The third kappa shape index (κ3) is 2.89. The Balaban J connectivity index is 1.56. The molecule has 1 aromatic heterocycles. The van der Waals surface area contributed by atoms with E-state index in [-0.39, 0.29) is 17.7 Å². The number of amides is 2. The molecule has 3 rings (SSSR count). The first kappa shape index (κ1) is 14.0. The first-order valence-electron chi connectivity index (χ1n) is 7.42. The lowest BCUT2D eigenvalue weighted by molar-refractivity contribution is -0.138. The van der Waals surface area contributed by atoms with Crippen LogP contribution < -0.4 is 0 Å². The lowest BCUT2D eigenvalue weighted by atomic mass is 9.88. The van der Waals surface area contributed by atoms with Gasteiger partial charge in [-0.05, 0) is 24.3 Å². The minimum Gasteiger partial charge on any atom is -0.345 e. The fourth-order valence-corrected chi connectivity index (χ4v) is 3.27. The van der Waals surface area contributed by atoms with Crippen molar-refractivity contribution >= 4 is 11.8 Å². The van der Waals surface area contributed by atoms with Crippen LogP contribution in [-0.2, 0) is 16.0 Å². The van der Waals surface area contributed by atoms with Crippen LogP contribution in [0.3, 0.4) is 0 Å². The average Bonchev–Trinajstić information content (AvgIpc) is 2.95. The molecule has 3 heterocycles. The topological polar surface area (TPSA) is 66.4 Å². The van der Waals surface area contributed by atoms with Gasteiger partial charge in [0.1, 0.15) is 6.33 Å². The van der Waals surface area contributed by atoms with Gasteiger partial charge in [0, 0.05) is 45.5 Å². The number of carbonyl (C=O) groups excluding carboxylic acids is 2. The van der Waals surface area contributed by atoms with Crippen molar-refractivity contribution in [1.82, 2.24) is 19.8 Å². The first-order chi connectivity index (χ1) is 10.1. The Hall–Kier alpha value is -1.98. The van der Waals surface area contributed by atoms with E-state index in [1.807, 2.05) is 11.9 Å². The second kappa shape index (κ2) is 5.79. The van der Waals surface area contributed by atoms with Gasteiger partial charge in [-0.2, -0.15) is 0 Å². The number of nitrogens with zero attached hydrogens (tertiary/aromatic N) is 4. The van der Waals surface area contributed by atoms with Gasteiger partial charge in [0.05, 0.1) is 5.92 Å². The molecular formula is C15H20N4O2. The van der Waals surface area contributed by atoms with Gasteiger partial charge in [-0.1, -0.05) is 0 Å². The smallest absolute Gasteiger partial charge is 0.227 e. The zero-order valence-electron chi connectivity index (χ0n) is 12.2. The summed E-state index contributed by atoms with van der Waals surface area (Å²) in [5.41, 5.74) is 0.971. The maximum absolute atomic E-state index is 12.3. The highest BCUT2D eigenvalue weighted by molar-refractivity contribution is 5.83. The summed E-state index contributed by atoms with van der Waals surface area (Å²) in [5, 5.41) is 0. The van der Waals surface area contributed by atoms with Crippen molar-refractivity contribution in [2.24, 2.45) is 11.8 Å². The van der Waals surface area contributed by atoms with Crippen LogP contribution in [0.5, 0.6) is 0 Å². The van der Waals surface area contributed by atoms with Crippen LogP contribution in [0.25, 0.3) is 0 Å². The first-order valence-corrected chi connectivity index (χ1v) is 7.42. The predicted octanol–water partition coefficient (Wildman–Crippen LogP) is 0.346. The van der Waals surface area contributed by atoms with Crippen molar-refractivity contribution in [3.63, 3.8) is 0 Å². The molecule has 2 saturated heterocycles. The van der Waals surface area contributed by atoms with Crippen LogP contribution in [0.2, 0.25) is 0 Å². The summed E-state index contributed by atoms with van der Waals surface area (Å²) < 4.78 is 0. The Kier molecular flexibility index (Phi) is 3.86. The predicted molar refractivity (Wildman–Crippen MR) is 76.2 cm³/mol. The molecule has 0 bridgehead atoms. The van der Waals surface area contributed by atoms with E-state index in [0.29, 0.717) is 25.3 Å². The zero-order chi connectivity index (χ0) is 14.8. The minimum atomic E-state index is 0.00718. The van der Waals surface area contributed by atoms with Crippen LogP contribution in [0.4, 0.5) is 0 Å². The van der Waals surface area contributed by atoms with E-state index in [0.717, 1.165) is 25.1 Å². The lowest BCUT2D eigenvalue weighted by Crippen LogP contribution is -2.42. The van der Waals surface area contributed by atoms with E-state index in [2.05, 4.69) is 9.97 Å². The van der Waals surface area contributed by atoms with Crippen LogP contribution >= 0.6 is 0 Å². The van der Waals surface area contributed by atoms with E-state index < -0.39 is 0 Å². The van der Waals surface area contributed by atoms with Crippen molar-refractivity contribution in [3.8, 4) is 0 Å². The lowest BCUT2D eigenvalue weighted by Gasteiger charge is -2.30. The molecule has 6 nitrogen and oxygen atoms in total. The van der Waals surface area contributed by atoms with Crippen LogP contribution in [0, 0.1) is 11.8 Å². The fraction of sp³-hybridized carbons (Fsp3) is 0.600. The number of aryl methyl sites for hydroxylation is 1. The summed E-state index contributed by atoms with van der Waals surface area (Å²) in [7, 11) is 1.85. The number of aromatic nitrogens is 2. The molecule has 0 aromatic carbocycles. The molecule has 0 aliphatic carbocycles. The van der Waals surface area contributed by atoms with E-state index in [9.17, 15) is 9.59 Å². The molecule has 21 heavy (non-hydrogen) atoms. The van der Waals surface area contributed by atoms with Gasteiger partial charge in [0.25, 0.3) is 0 Å². The normalized spacial score (nSPS) is 25.1. The molecule has 2 aliphatic heterocycles. The highest BCUT2D eigenvalue weighted by Gasteiger charge is 2.42. The van der Waals surface area contributed by atoms with Gasteiger partial charge in [0.15, 0.2) is 0 Å². The summed E-state index contributed by atoms with van der Waals surface area (Å²) in [6, 6.07) is 0. The number of likely N-dealkylation sites (tertiary alicyclic amines) is 2. The summed E-state index contributed by atoms with van der Waals surface area (Å²) >= 11 is 0. The van der Waals surface area contributed by atoms with E-state index in [1.165, 1.54) is 6.33 Å². The fourth-order valence-electron chi connectivity index (χ4n) is 3.27.